The minimum absolute atomic E-state index is 0.0632. The van der Waals surface area contributed by atoms with E-state index in [2.05, 4.69) is 16.6 Å². The highest BCUT2D eigenvalue weighted by Gasteiger charge is 2.18. The molecule has 1 aliphatic rings. The van der Waals surface area contributed by atoms with Gasteiger partial charge in [-0.2, -0.15) is 0 Å². The molecule has 0 atom stereocenters. The summed E-state index contributed by atoms with van der Waals surface area (Å²) in [5.74, 6) is -0.0632. The Balaban J connectivity index is 2.10. The van der Waals surface area contributed by atoms with Crippen LogP contribution in [0.1, 0.15) is 16.8 Å². The second-order valence-corrected chi connectivity index (χ2v) is 6.83. The molecular weight excluding hydrogens is 302 g/mol. The van der Waals surface area contributed by atoms with Gasteiger partial charge in [0.05, 0.1) is 4.90 Å². The van der Waals surface area contributed by atoms with Gasteiger partial charge >= 0.3 is 0 Å². The van der Waals surface area contributed by atoms with Crippen LogP contribution >= 0.6 is 0 Å². The van der Waals surface area contributed by atoms with E-state index in [0.29, 0.717) is 18.7 Å². The smallest absolute Gasteiger partial charge is 0.253 e. The topological polar surface area (TPSA) is 78.5 Å². The Bertz CT molecular complexity index is 618. The zero-order valence-corrected chi connectivity index (χ0v) is 13.2. The quantitative estimate of drug-likeness (QED) is 0.777. The van der Waals surface area contributed by atoms with E-state index in [9.17, 15) is 13.2 Å². The predicted octanol–water partition coefficient (Wildman–Crippen LogP) is 0.586. The maximum Gasteiger partial charge on any atom is 0.253 e. The first-order valence-electron chi connectivity index (χ1n) is 7.25. The first-order chi connectivity index (χ1) is 10.5. The van der Waals surface area contributed by atoms with Crippen LogP contribution in [-0.2, 0) is 10.0 Å². The van der Waals surface area contributed by atoms with Crippen LogP contribution in [0.15, 0.2) is 41.8 Å². The average Bonchev–Trinajstić information content (AvgIpc) is 2.81. The molecule has 120 valence electrons. The molecular formula is C15H21N3O3S. The zero-order chi connectivity index (χ0) is 16.0. The first-order valence-corrected chi connectivity index (χ1v) is 8.73. The maximum absolute atomic E-state index is 12.4. The summed E-state index contributed by atoms with van der Waals surface area (Å²) in [5, 5.41) is 3.24. The molecule has 0 bridgehead atoms. The van der Waals surface area contributed by atoms with Crippen molar-refractivity contribution >= 4 is 15.9 Å². The van der Waals surface area contributed by atoms with Gasteiger partial charge in [0.25, 0.3) is 5.91 Å². The van der Waals surface area contributed by atoms with Crippen molar-refractivity contribution < 1.29 is 13.2 Å². The third-order valence-corrected chi connectivity index (χ3v) is 4.90. The highest BCUT2D eigenvalue weighted by atomic mass is 32.2. The molecule has 2 rings (SSSR count). The Morgan fingerprint density at radius 3 is 2.68 bits per heavy atom. The highest BCUT2D eigenvalue weighted by molar-refractivity contribution is 7.89. The second kappa shape index (κ2) is 7.53. The maximum atomic E-state index is 12.4. The van der Waals surface area contributed by atoms with Crippen molar-refractivity contribution in [3.05, 3.63) is 42.5 Å². The van der Waals surface area contributed by atoms with Crippen LogP contribution in [0.4, 0.5) is 0 Å². The van der Waals surface area contributed by atoms with E-state index in [0.717, 1.165) is 19.5 Å². The number of sulfonamides is 1. The van der Waals surface area contributed by atoms with Gasteiger partial charge in [0.1, 0.15) is 0 Å². The van der Waals surface area contributed by atoms with Crippen molar-refractivity contribution in [1.82, 2.24) is 14.9 Å². The number of nitrogens with one attached hydrogen (secondary N) is 2. The summed E-state index contributed by atoms with van der Waals surface area (Å²) in [6, 6.07) is 6.02. The third kappa shape index (κ3) is 4.16. The standard InChI is InChI=1S/C15H21N3O3S/c1-2-8-17-22(20,21)14-6-4-13(5-7-14)15(19)18-11-3-9-16-10-12-18/h2,4-7,16-17H,1,3,8-12H2. The fourth-order valence-electron chi connectivity index (χ4n) is 2.26. The zero-order valence-electron chi connectivity index (χ0n) is 12.4. The summed E-state index contributed by atoms with van der Waals surface area (Å²) < 4.78 is 26.3. The van der Waals surface area contributed by atoms with Crippen LogP contribution in [0.3, 0.4) is 0 Å². The van der Waals surface area contributed by atoms with Gasteiger partial charge in [-0.25, -0.2) is 13.1 Å². The number of rotatable bonds is 5. The number of hydrogen-bond acceptors (Lipinski definition) is 4. The number of hydrogen-bond donors (Lipinski definition) is 2. The van der Waals surface area contributed by atoms with E-state index in [-0.39, 0.29) is 17.3 Å². The molecule has 0 unspecified atom stereocenters. The lowest BCUT2D eigenvalue weighted by Crippen LogP contribution is -2.34. The minimum Gasteiger partial charge on any atom is -0.337 e. The van der Waals surface area contributed by atoms with Gasteiger partial charge in [0, 0.05) is 31.7 Å². The molecule has 1 saturated heterocycles. The van der Waals surface area contributed by atoms with Crippen molar-refractivity contribution in [2.45, 2.75) is 11.3 Å². The Hall–Kier alpha value is -1.70. The number of carbonyl (C=O) groups is 1. The number of amides is 1. The lowest BCUT2D eigenvalue weighted by Gasteiger charge is -2.20. The summed E-state index contributed by atoms with van der Waals surface area (Å²) >= 11 is 0. The van der Waals surface area contributed by atoms with Gasteiger partial charge in [0.2, 0.25) is 10.0 Å². The van der Waals surface area contributed by atoms with Crippen LogP contribution in [0.25, 0.3) is 0 Å². The van der Waals surface area contributed by atoms with Crippen LogP contribution in [0, 0.1) is 0 Å². The molecule has 1 fully saturated rings. The van der Waals surface area contributed by atoms with E-state index in [1.54, 1.807) is 17.0 Å². The molecule has 0 aromatic heterocycles. The SMILES string of the molecule is C=CCNS(=O)(=O)c1ccc(C(=O)N2CCCNCC2)cc1. The number of benzene rings is 1. The van der Waals surface area contributed by atoms with Gasteiger partial charge in [-0.1, -0.05) is 6.08 Å². The third-order valence-electron chi connectivity index (χ3n) is 3.46. The Kier molecular flexibility index (Phi) is 5.70. The first kappa shape index (κ1) is 16.7. The lowest BCUT2D eigenvalue weighted by molar-refractivity contribution is 0.0766. The molecule has 0 radical (unpaired) electrons. The number of carbonyl (C=O) groups excluding carboxylic acids is 1. The minimum atomic E-state index is -3.55. The molecule has 22 heavy (non-hydrogen) atoms. The Morgan fingerprint density at radius 2 is 2.00 bits per heavy atom. The Labute approximate surface area is 131 Å². The van der Waals surface area contributed by atoms with Crippen LogP contribution < -0.4 is 10.0 Å². The van der Waals surface area contributed by atoms with Gasteiger partial charge in [-0.05, 0) is 37.2 Å². The van der Waals surface area contributed by atoms with Crippen molar-refractivity contribution in [3.8, 4) is 0 Å². The second-order valence-electron chi connectivity index (χ2n) is 5.06. The normalized spacial score (nSPS) is 16.1. The molecule has 1 aromatic rings. The predicted molar refractivity (Wildman–Crippen MR) is 85.2 cm³/mol. The van der Waals surface area contributed by atoms with Gasteiger partial charge in [-0.15, -0.1) is 6.58 Å². The van der Waals surface area contributed by atoms with E-state index in [1.807, 2.05) is 0 Å². The average molecular weight is 323 g/mol. The van der Waals surface area contributed by atoms with Gasteiger partial charge in [-0.3, -0.25) is 4.79 Å². The molecule has 1 aromatic carbocycles. The molecule has 1 amide bonds. The summed E-state index contributed by atoms with van der Waals surface area (Å²) in [4.78, 5) is 14.3. The van der Waals surface area contributed by atoms with Crippen LogP contribution in [-0.4, -0.2) is 51.9 Å². The van der Waals surface area contributed by atoms with Crippen LogP contribution in [0.5, 0.6) is 0 Å². The number of nitrogens with zero attached hydrogens (tertiary/aromatic N) is 1. The molecule has 1 heterocycles. The van der Waals surface area contributed by atoms with E-state index >= 15 is 0 Å². The van der Waals surface area contributed by atoms with Crippen molar-refractivity contribution in [2.75, 3.05) is 32.7 Å². The van der Waals surface area contributed by atoms with Crippen molar-refractivity contribution in [2.24, 2.45) is 0 Å². The molecule has 7 heteroatoms. The summed E-state index contributed by atoms with van der Waals surface area (Å²) in [6.07, 6.45) is 2.40. The van der Waals surface area contributed by atoms with E-state index < -0.39 is 10.0 Å². The van der Waals surface area contributed by atoms with Crippen molar-refractivity contribution in [3.63, 3.8) is 0 Å². The monoisotopic (exact) mass is 323 g/mol. The van der Waals surface area contributed by atoms with Gasteiger partial charge < -0.3 is 10.2 Å². The lowest BCUT2D eigenvalue weighted by atomic mass is 10.2. The molecule has 0 aliphatic carbocycles. The van der Waals surface area contributed by atoms with Crippen LogP contribution in [0.2, 0.25) is 0 Å². The fourth-order valence-corrected chi connectivity index (χ4v) is 3.26. The highest BCUT2D eigenvalue weighted by Crippen LogP contribution is 2.13. The van der Waals surface area contributed by atoms with Gasteiger partial charge in [0.15, 0.2) is 0 Å². The summed E-state index contributed by atoms with van der Waals surface area (Å²) in [6.45, 7) is 6.72. The van der Waals surface area contributed by atoms with Crippen molar-refractivity contribution in [1.29, 1.82) is 0 Å². The van der Waals surface area contributed by atoms with E-state index in [4.69, 9.17) is 0 Å². The fraction of sp³-hybridized carbons (Fsp3) is 0.400. The molecule has 0 saturated carbocycles. The largest absolute Gasteiger partial charge is 0.337 e. The molecule has 2 N–H and O–H groups in total. The summed E-state index contributed by atoms with van der Waals surface area (Å²) in [5.41, 5.74) is 0.504. The molecule has 1 aliphatic heterocycles. The van der Waals surface area contributed by atoms with E-state index in [1.165, 1.54) is 18.2 Å². The molecule has 0 spiro atoms. The molecule has 6 nitrogen and oxygen atoms in total. The Morgan fingerprint density at radius 1 is 1.27 bits per heavy atom. The summed E-state index contributed by atoms with van der Waals surface area (Å²) in [7, 11) is -3.55.